The molecule has 2 amide bonds. The molecule has 2 aliphatic rings. The molecule has 2 aliphatic heterocycles. The van der Waals surface area contributed by atoms with E-state index in [9.17, 15) is 9.59 Å². The van der Waals surface area contributed by atoms with Crippen molar-refractivity contribution < 1.29 is 9.59 Å². The van der Waals surface area contributed by atoms with Gasteiger partial charge in [-0.15, -0.1) is 0 Å². The Kier molecular flexibility index (Phi) is 2.86. The normalized spacial score (nSPS) is 26.9. The van der Waals surface area contributed by atoms with Crippen molar-refractivity contribution in [1.82, 2.24) is 10.2 Å². The van der Waals surface area contributed by atoms with Crippen LogP contribution in [0.4, 0.5) is 0 Å². The maximum Gasteiger partial charge on any atom is 0.255 e. The standard InChI is InChI=1S/C13H16N2O2S/c1-8-6-18-7-11(8)13(17)15-9-2-3-10(15)5-14-12(16)4-9/h6-7,9-10H,2-5H2,1H3,(H,14,16). The number of aryl methyl sites for hydroxylation is 1. The van der Waals surface area contributed by atoms with E-state index in [1.165, 1.54) is 0 Å². The van der Waals surface area contributed by atoms with E-state index in [1.807, 2.05) is 22.6 Å². The van der Waals surface area contributed by atoms with Gasteiger partial charge in [-0.2, -0.15) is 11.3 Å². The molecule has 0 spiro atoms. The van der Waals surface area contributed by atoms with E-state index >= 15 is 0 Å². The fraction of sp³-hybridized carbons (Fsp3) is 0.538. The lowest BCUT2D eigenvalue weighted by Gasteiger charge is -2.27. The van der Waals surface area contributed by atoms with Gasteiger partial charge in [-0.1, -0.05) is 0 Å². The second-order valence-electron chi connectivity index (χ2n) is 5.07. The molecule has 3 heterocycles. The van der Waals surface area contributed by atoms with E-state index in [4.69, 9.17) is 0 Å². The molecule has 2 atom stereocenters. The quantitative estimate of drug-likeness (QED) is 0.836. The molecule has 1 N–H and O–H groups in total. The molecule has 2 saturated heterocycles. The number of carbonyl (C=O) groups excluding carboxylic acids is 2. The van der Waals surface area contributed by atoms with Gasteiger partial charge in [0, 0.05) is 30.4 Å². The van der Waals surface area contributed by atoms with Crippen molar-refractivity contribution in [3.63, 3.8) is 0 Å². The highest BCUT2D eigenvalue weighted by molar-refractivity contribution is 7.08. The number of hydrogen-bond donors (Lipinski definition) is 1. The maximum atomic E-state index is 12.6. The Morgan fingerprint density at radius 2 is 2.17 bits per heavy atom. The fourth-order valence-electron chi connectivity index (χ4n) is 2.93. The van der Waals surface area contributed by atoms with Crippen molar-refractivity contribution in [3.05, 3.63) is 21.9 Å². The summed E-state index contributed by atoms with van der Waals surface area (Å²) in [6.45, 7) is 2.57. The Balaban J connectivity index is 1.90. The summed E-state index contributed by atoms with van der Waals surface area (Å²) in [7, 11) is 0. The molecule has 2 unspecified atom stereocenters. The first-order chi connectivity index (χ1) is 8.66. The average molecular weight is 264 g/mol. The maximum absolute atomic E-state index is 12.6. The lowest BCUT2D eigenvalue weighted by Crippen LogP contribution is -2.42. The lowest BCUT2D eigenvalue weighted by atomic mass is 10.1. The Bertz CT molecular complexity index is 497. The number of thiophene rings is 1. The summed E-state index contributed by atoms with van der Waals surface area (Å²) in [4.78, 5) is 26.1. The predicted molar refractivity (Wildman–Crippen MR) is 69.7 cm³/mol. The van der Waals surface area contributed by atoms with E-state index in [1.54, 1.807) is 11.3 Å². The smallest absolute Gasteiger partial charge is 0.255 e. The van der Waals surface area contributed by atoms with E-state index in [2.05, 4.69) is 5.32 Å². The largest absolute Gasteiger partial charge is 0.354 e. The van der Waals surface area contributed by atoms with Crippen LogP contribution in [0.15, 0.2) is 10.8 Å². The van der Waals surface area contributed by atoms with Gasteiger partial charge in [0.05, 0.1) is 5.56 Å². The highest BCUT2D eigenvalue weighted by atomic mass is 32.1. The highest BCUT2D eigenvalue weighted by Crippen LogP contribution is 2.31. The first-order valence-electron chi connectivity index (χ1n) is 6.29. The molecule has 1 aromatic rings. The number of nitrogens with zero attached hydrogens (tertiary/aromatic N) is 1. The summed E-state index contributed by atoms with van der Waals surface area (Å²) >= 11 is 1.56. The number of nitrogens with one attached hydrogen (secondary N) is 1. The highest BCUT2D eigenvalue weighted by Gasteiger charge is 2.40. The monoisotopic (exact) mass is 264 g/mol. The summed E-state index contributed by atoms with van der Waals surface area (Å²) in [5.41, 5.74) is 1.83. The van der Waals surface area contributed by atoms with Gasteiger partial charge in [-0.25, -0.2) is 0 Å². The van der Waals surface area contributed by atoms with Crippen LogP contribution in [-0.4, -0.2) is 35.3 Å². The van der Waals surface area contributed by atoms with Crippen molar-refractivity contribution >= 4 is 23.2 Å². The van der Waals surface area contributed by atoms with Gasteiger partial charge in [0.2, 0.25) is 5.91 Å². The summed E-state index contributed by atoms with van der Waals surface area (Å²) < 4.78 is 0. The Morgan fingerprint density at radius 3 is 2.89 bits per heavy atom. The number of amides is 2. The number of hydrogen-bond acceptors (Lipinski definition) is 3. The molecule has 0 radical (unpaired) electrons. The van der Waals surface area contributed by atoms with Crippen LogP contribution in [0.25, 0.3) is 0 Å². The van der Waals surface area contributed by atoms with E-state index in [-0.39, 0.29) is 23.9 Å². The third kappa shape index (κ3) is 1.82. The third-order valence-corrected chi connectivity index (χ3v) is 4.76. The molecular formula is C13H16N2O2S. The molecule has 96 valence electrons. The molecular weight excluding hydrogens is 248 g/mol. The molecule has 18 heavy (non-hydrogen) atoms. The van der Waals surface area contributed by atoms with Gasteiger partial charge in [0.1, 0.15) is 0 Å². The van der Waals surface area contributed by atoms with Crippen molar-refractivity contribution in [2.24, 2.45) is 0 Å². The van der Waals surface area contributed by atoms with Crippen molar-refractivity contribution in [2.75, 3.05) is 6.54 Å². The zero-order valence-corrected chi connectivity index (χ0v) is 11.1. The minimum absolute atomic E-state index is 0.0713. The van der Waals surface area contributed by atoms with Gasteiger partial charge in [-0.3, -0.25) is 9.59 Å². The van der Waals surface area contributed by atoms with Gasteiger partial charge >= 0.3 is 0 Å². The Morgan fingerprint density at radius 1 is 1.39 bits per heavy atom. The second-order valence-corrected chi connectivity index (χ2v) is 5.82. The lowest BCUT2D eigenvalue weighted by molar-refractivity contribution is -0.121. The summed E-state index contributed by atoms with van der Waals surface area (Å²) in [5.74, 6) is 0.166. The molecule has 2 fully saturated rings. The van der Waals surface area contributed by atoms with Crippen LogP contribution in [0.2, 0.25) is 0 Å². The molecule has 0 aliphatic carbocycles. The molecule has 0 saturated carbocycles. The van der Waals surface area contributed by atoms with Crippen molar-refractivity contribution in [3.8, 4) is 0 Å². The topological polar surface area (TPSA) is 49.4 Å². The van der Waals surface area contributed by atoms with E-state index < -0.39 is 0 Å². The first-order valence-corrected chi connectivity index (χ1v) is 7.23. The first kappa shape index (κ1) is 11.7. The number of carbonyl (C=O) groups is 2. The summed E-state index contributed by atoms with van der Waals surface area (Å²) in [6.07, 6.45) is 2.40. The number of fused-ring (bicyclic) bond motifs is 2. The molecule has 3 rings (SSSR count). The van der Waals surface area contributed by atoms with E-state index in [0.717, 1.165) is 24.0 Å². The second kappa shape index (κ2) is 4.39. The van der Waals surface area contributed by atoms with Gasteiger partial charge < -0.3 is 10.2 Å². The fourth-order valence-corrected chi connectivity index (χ4v) is 3.75. The van der Waals surface area contributed by atoms with Crippen molar-refractivity contribution in [1.29, 1.82) is 0 Å². The van der Waals surface area contributed by atoms with Crippen LogP contribution in [0.1, 0.15) is 35.2 Å². The minimum atomic E-state index is 0.0713. The zero-order chi connectivity index (χ0) is 12.7. The summed E-state index contributed by atoms with van der Waals surface area (Å²) in [6, 6.07) is 0.262. The minimum Gasteiger partial charge on any atom is -0.354 e. The molecule has 2 bridgehead atoms. The third-order valence-electron chi connectivity index (χ3n) is 3.90. The Hall–Kier alpha value is -1.36. The zero-order valence-electron chi connectivity index (χ0n) is 10.3. The van der Waals surface area contributed by atoms with Crippen LogP contribution < -0.4 is 5.32 Å². The van der Waals surface area contributed by atoms with Crippen LogP contribution in [0, 0.1) is 6.92 Å². The van der Waals surface area contributed by atoms with Crippen LogP contribution in [0.5, 0.6) is 0 Å². The van der Waals surface area contributed by atoms with Gasteiger partial charge in [0.15, 0.2) is 0 Å². The number of rotatable bonds is 1. The van der Waals surface area contributed by atoms with E-state index in [0.29, 0.717) is 13.0 Å². The average Bonchev–Trinajstić information content (AvgIpc) is 2.87. The molecule has 5 heteroatoms. The van der Waals surface area contributed by atoms with Gasteiger partial charge in [-0.05, 0) is 30.7 Å². The van der Waals surface area contributed by atoms with Crippen LogP contribution in [0.3, 0.4) is 0 Å². The molecule has 4 nitrogen and oxygen atoms in total. The van der Waals surface area contributed by atoms with Gasteiger partial charge in [0.25, 0.3) is 5.91 Å². The van der Waals surface area contributed by atoms with Crippen molar-refractivity contribution in [2.45, 2.75) is 38.3 Å². The molecule has 1 aromatic heterocycles. The van der Waals surface area contributed by atoms with Crippen LogP contribution >= 0.6 is 11.3 Å². The summed E-state index contributed by atoms with van der Waals surface area (Å²) in [5, 5.41) is 6.80. The molecule has 0 aromatic carbocycles. The van der Waals surface area contributed by atoms with Crippen LogP contribution in [-0.2, 0) is 4.79 Å². The Labute approximate surface area is 110 Å². The SMILES string of the molecule is Cc1cscc1C(=O)N1C2CCC1CC(=O)NC2. The predicted octanol–water partition coefficient (Wildman–Crippen LogP) is 1.55.